The van der Waals surface area contributed by atoms with E-state index >= 15 is 0 Å². The highest BCUT2D eigenvalue weighted by Gasteiger charge is 2.16. The highest BCUT2D eigenvalue weighted by molar-refractivity contribution is 5.92. The zero-order chi connectivity index (χ0) is 16.8. The van der Waals surface area contributed by atoms with Crippen LogP contribution in [0.3, 0.4) is 0 Å². The second-order valence-electron chi connectivity index (χ2n) is 5.41. The summed E-state index contributed by atoms with van der Waals surface area (Å²) < 4.78 is 28.2. The summed E-state index contributed by atoms with van der Waals surface area (Å²) in [6.07, 6.45) is -0.580. The molecule has 1 rings (SSSR count). The van der Waals surface area contributed by atoms with Gasteiger partial charge in [-0.05, 0) is 32.9 Å². The third-order valence-electron chi connectivity index (χ3n) is 2.38. The predicted octanol–water partition coefficient (Wildman–Crippen LogP) is 2.52. The smallest absolute Gasteiger partial charge is 0.407 e. The number of halogens is 1. The molecule has 0 fully saturated rings. The van der Waals surface area contributed by atoms with Crippen molar-refractivity contribution in [3.63, 3.8) is 0 Å². The van der Waals surface area contributed by atoms with Crippen LogP contribution in [0.25, 0.3) is 0 Å². The van der Waals surface area contributed by atoms with Crippen molar-refractivity contribution in [3.05, 3.63) is 29.6 Å². The Balaban J connectivity index is 2.53. The number of hydrogen-bond acceptors (Lipinski definition) is 5. The van der Waals surface area contributed by atoms with E-state index in [9.17, 15) is 14.0 Å². The van der Waals surface area contributed by atoms with Gasteiger partial charge in [-0.15, -0.1) is 0 Å². The Morgan fingerprint density at radius 1 is 1.27 bits per heavy atom. The molecule has 6 nitrogen and oxygen atoms in total. The predicted molar refractivity (Wildman–Crippen MR) is 77.5 cm³/mol. The Kier molecular flexibility index (Phi) is 6.15. The zero-order valence-electron chi connectivity index (χ0n) is 13.1. The summed E-state index contributed by atoms with van der Waals surface area (Å²) in [6.45, 7) is 5.44. The van der Waals surface area contributed by atoms with Crippen molar-refractivity contribution >= 4 is 12.1 Å². The molecule has 0 saturated carbocycles. The van der Waals surface area contributed by atoms with E-state index in [1.165, 1.54) is 13.2 Å². The number of benzene rings is 1. The Morgan fingerprint density at radius 3 is 2.55 bits per heavy atom. The van der Waals surface area contributed by atoms with Gasteiger partial charge in [-0.1, -0.05) is 0 Å². The summed E-state index contributed by atoms with van der Waals surface area (Å²) in [5.41, 5.74) is -0.480. The number of methoxy groups -OCH3 is 1. The minimum atomic E-state index is -0.630. The molecule has 0 saturated heterocycles. The van der Waals surface area contributed by atoms with E-state index in [0.717, 1.165) is 12.1 Å². The fraction of sp³-hybridized carbons (Fsp3) is 0.467. The monoisotopic (exact) mass is 313 g/mol. The lowest BCUT2D eigenvalue weighted by Crippen LogP contribution is -2.34. The second-order valence-corrected chi connectivity index (χ2v) is 5.41. The van der Waals surface area contributed by atoms with Crippen molar-refractivity contribution in [2.75, 3.05) is 20.3 Å². The highest BCUT2D eigenvalue weighted by atomic mass is 19.1. The highest BCUT2D eigenvalue weighted by Crippen LogP contribution is 2.20. The van der Waals surface area contributed by atoms with E-state index in [1.807, 2.05) is 0 Å². The Labute approximate surface area is 128 Å². The lowest BCUT2D eigenvalue weighted by atomic mass is 10.2. The van der Waals surface area contributed by atoms with Gasteiger partial charge in [-0.2, -0.15) is 0 Å². The van der Waals surface area contributed by atoms with Crippen molar-refractivity contribution in [2.24, 2.45) is 0 Å². The van der Waals surface area contributed by atoms with Crippen LogP contribution in [0.15, 0.2) is 18.2 Å². The van der Waals surface area contributed by atoms with Crippen molar-refractivity contribution in [2.45, 2.75) is 26.4 Å². The number of rotatable bonds is 5. The lowest BCUT2D eigenvalue weighted by molar-refractivity contribution is 0.0516. The first kappa shape index (κ1) is 17.7. The molecule has 7 heteroatoms. The van der Waals surface area contributed by atoms with Crippen molar-refractivity contribution < 1.29 is 28.2 Å². The van der Waals surface area contributed by atoms with E-state index in [1.54, 1.807) is 20.8 Å². The number of nitrogens with one attached hydrogen (secondary N) is 1. The van der Waals surface area contributed by atoms with Crippen molar-refractivity contribution in [1.82, 2.24) is 5.32 Å². The molecule has 1 amide bonds. The third kappa shape index (κ3) is 5.99. The molecule has 0 aliphatic rings. The van der Waals surface area contributed by atoms with Gasteiger partial charge in [0.05, 0.1) is 13.7 Å². The van der Waals surface area contributed by atoms with E-state index in [2.05, 4.69) is 10.1 Å². The first-order valence-electron chi connectivity index (χ1n) is 6.70. The molecule has 1 aromatic carbocycles. The lowest BCUT2D eigenvalue weighted by Gasteiger charge is -2.19. The van der Waals surface area contributed by atoms with Crippen LogP contribution in [-0.2, 0) is 9.47 Å². The second kappa shape index (κ2) is 7.63. The molecule has 0 radical (unpaired) electrons. The van der Waals surface area contributed by atoms with E-state index in [-0.39, 0.29) is 24.5 Å². The average Bonchev–Trinajstić information content (AvgIpc) is 2.41. The molecule has 22 heavy (non-hydrogen) atoms. The van der Waals surface area contributed by atoms with E-state index in [4.69, 9.17) is 9.47 Å². The van der Waals surface area contributed by atoms with Crippen LogP contribution >= 0.6 is 0 Å². The molecule has 0 bridgehead atoms. The first-order chi connectivity index (χ1) is 10.2. The Bertz CT molecular complexity index is 539. The topological polar surface area (TPSA) is 73.9 Å². The molecule has 0 unspecified atom stereocenters. The number of carbonyl (C=O) groups is 2. The molecule has 1 aromatic rings. The average molecular weight is 313 g/mol. The standard InChI is InChI=1S/C15H20FNO5/c1-15(2,3)22-14(19)17-7-8-21-12-9-10(16)5-6-11(12)13(18)20-4/h5-6,9H,7-8H2,1-4H3,(H,17,19). The van der Waals surface area contributed by atoms with Crippen LogP contribution < -0.4 is 10.1 Å². The minimum Gasteiger partial charge on any atom is -0.491 e. The van der Waals surface area contributed by atoms with Gasteiger partial charge in [0.1, 0.15) is 29.3 Å². The fourth-order valence-corrected chi connectivity index (χ4v) is 1.52. The molecule has 0 spiro atoms. The molecule has 0 aliphatic carbocycles. The molecule has 122 valence electrons. The summed E-state index contributed by atoms with van der Waals surface area (Å²) in [5, 5.41) is 2.49. The largest absolute Gasteiger partial charge is 0.491 e. The maximum absolute atomic E-state index is 13.2. The summed E-state index contributed by atoms with van der Waals surface area (Å²) in [4.78, 5) is 23.0. The van der Waals surface area contributed by atoms with Gasteiger partial charge in [-0.25, -0.2) is 14.0 Å². The normalized spacial score (nSPS) is 10.8. The Hall–Kier alpha value is -2.31. The van der Waals surface area contributed by atoms with Gasteiger partial charge in [0.25, 0.3) is 0 Å². The molecule has 0 aliphatic heterocycles. The van der Waals surface area contributed by atoms with Crippen LogP contribution in [0.1, 0.15) is 31.1 Å². The molecule has 0 atom stereocenters. The maximum atomic E-state index is 13.2. The van der Waals surface area contributed by atoms with E-state index in [0.29, 0.717) is 0 Å². The number of esters is 1. The summed E-state index contributed by atoms with van der Waals surface area (Å²) in [7, 11) is 1.22. The summed E-state index contributed by atoms with van der Waals surface area (Å²) in [5.74, 6) is -1.12. The fourth-order valence-electron chi connectivity index (χ4n) is 1.52. The van der Waals surface area contributed by atoms with Gasteiger partial charge in [0.15, 0.2) is 0 Å². The quantitative estimate of drug-likeness (QED) is 0.668. The van der Waals surface area contributed by atoms with E-state index < -0.39 is 23.5 Å². The van der Waals surface area contributed by atoms with Crippen molar-refractivity contribution in [1.29, 1.82) is 0 Å². The number of ether oxygens (including phenoxy) is 3. The summed E-state index contributed by atoms with van der Waals surface area (Å²) >= 11 is 0. The SMILES string of the molecule is COC(=O)c1ccc(F)cc1OCCNC(=O)OC(C)(C)C. The van der Waals surface area contributed by atoms with Gasteiger partial charge in [-0.3, -0.25) is 0 Å². The van der Waals surface area contributed by atoms with Gasteiger partial charge in [0, 0.05) is 6.07 Å². The summed E-state index contributed by atoms with van der Waals surface area (Å²) in [6, 6.07) is 3.50. The van der Waals surface area contributed by atoms with Crippen molar-refractivity contribution in [3.8, 4) is 5.75 Å². The third-order valence-corrected chi connectivity index (χ3v) is 2.38. The Morgan fingerprint density at radius 2 is 1.95 bits per heavy atom. The number of amides is 1. The minimum absolute atomic E-state index is 0.0483. The molecule has 0 aromatic heterocycles. The molecular weight excluding hydrogens is 293 g/mol. The number of hydrogen-bond donors (Lipinski definition) is 1. The number of carbonyl (C=O) groups excluding carboxylic acids is 2. The van der Waals surface area contributed by atoms with Gasteiger partial charge < -0.3 is 19.5 Å². The zero-order valence-corrected chi connectivity index (χ0v) is 13.1. The maximum Gasteiger partial charge on any atom is 0.407 e. The molecule has 0 heterocycles. The van der Waals surface area contributed by atoms with Gasteiger partial charge >= 0.3 is 12.1 Å². The van der Waals surface area contributed by atoms with Crippen LogP contribution in [-0.4, -0.2) is 37.9 Å². The number of alkyl carbamates (subject to hydrolysis) is 1. The first-order valence-corrected chi connectivity index (χ1v) is 6.70. The molecule has 1 N–H and O–H groups in total. The van der Waals surface area contributed by atoms with Gasteiger partial charge in [0.2, 0.25) is 0 Å². The van der Waals surface area contributed by atoms with Crippen LogP contribution in [0, 0.1) is 5.82 Å². The van der Waals surface area contributed by atoms with Crippen LogP contribution in [0.4, 0.5) is 9.18 Å². The van der Waals surface area contributed by atoms with Crippen LogP contribution in [0.5, 0.6) is 5.75 Å². The van der Waals surface area contributed by atoms with Crippen LogP contribution in [0.2, 0.25) is 0 Å². The molecular formula is C15H20FNO5.